The van der Waals surface area contributed by atoms with Crippen LogP contribution in [-0.2, 0) is 38.5 Å². The van der Waals surface area contributed by atoms with Crippen molar-refractivity contribution < 1.29 is 44.0 Å². The Bertz CT molecular complexity index is 1500. The minimum atomic E-state index is -1.65. The molecule has 0 heterocycles. The molecular formula is C37H48N4O9. The number of carbonyl (C=O) groups is 4. The van der Waals surface area contributed by atoms with E-state index in [1.54, 1.807) is 81.4 Å². The number of nitrogens with zero attached hydrogens (tertiary/aromatic N) is 1. The average Bonchev–Trinajstić information content (AvgIpc) is 3.06. The molecule has 7 N–H and O–H groups in total. The molecule has 0 aliphatic rings. The van der Waals surface area contributed by atoms with Crippen molar-refractivity contribution in [1.82, 2.24) is 15.5 Å². The summed E-state index contributed by atoms with van der Waals surface area (Å²) in [6.45, 7) is 4.69. The molecule has 0 fully saturated rings. The van der Waals surface area contributed by atoms with E-state index in [1.807, 2.05) is 30.3 Å². The number of aliphatic hydroxyl groups excluding tert-OH is 2. The second kappa shape index (κ2) is 19.3. The number of alkyl carbamates (subject to hydrolysis) is 1. The zero-order valence-corrected chi connectivity index (χ0v) is 28.6. The first-order valence-electron chi connectivity index (χ1n) is 16.4. The van der Waals surface area contributed by atoms with Crippen molar-refractivity contribution in [3.8, 4) is 0 Å². The number of hydrogen-bond acceptors (Lipinski definition) is 9. The number of ether oxygens (including phenoxy) is 2. The van der Waals surface area contributed by atoms with Gasteiger partial charge in [-0.15, -0.1) is 0 Å². The van der Waals surface area contributed by atoms with Crippen molar-refractivity contribution >= 4 is 24.1 Å². The largest absolute Gasteiger partial charge is 0.481 e. The molecular weight excluding hydrogens is 644 g/mol. The van der Waals surface area contributed by atoms with Crippen LogP contribution in [0.2, 0.25) is 0 Å². The highest BCUT2D eigenvalue weighted by molar-refractivity contribution is 5.88. The minimum Gasteiger partial charge on any atom is -0.481 e. The molecule has 13 nitrogen and oxygen atoms in total. The zero-order valence-electron chi connectivity index (χ0n) is 28.6. The number of carboxylic acid groups (broad SMARTS) is 1. The number of aliphatic hydroxyl groups is 2. The molecule has 0 saturated heterocycles. The van der Waals surface area contributed by atoms with Crippen LogP contribution in [0.3, 0.4) is 0 Å². The number of primary amides is 1. The van der Waals surface area contributed by atoms with Crippen LogP contribution >= 0.6 is 0 Å². The van der Waals surface area contributed by atoms with Crippen LogP contribution < -0.4 is 16.4 Å². The second-order valence-corrected chi connectivity index (χ2v) is 13.0. The second-order valence-electron chi connectivity index (χ2n) is 13.0. The summed E-state index contributed by atoms with van der Waals surface area (Å²) in [5, 5.41) is 38.2. The van der Waals surface area contributed by atoms with E-state index < -0.39 is 66.4 Å². The molecule has 3 aromatic rings. The van der Waals surface area contributed by atoms with Gasteiger partial charge in [0.15, 0.2) is 0 Å². The standard InChI is InChI=1S/C37H48N4O9/c1-37(2,3)50-35(47)40-28(19-25-13-7-4-8-14-25)31(42)22-39-23-32(43)29(20-26-15-9-5-10-16-26)41(30(34(38)46)21-33(44)45)36(48)49-24-27-17-11-6-12-18-27/h4-18,28-32,39,42-43H,19-24H2,1-3H3,(H2,38,46)(H,40,47)(H,44,45)/t28-,29+,30+,31?,32?/m1/s1. The third-order valence-corrected chi connectivity index (χ3v) is 7.71. The molecule has 0 aliphatic carbocycles. The van der Waals surface area contributed by atoms with E-state index >= 15 is 0 Å². The van der Waals surface area contributed by atoms with Crippen LogP contribution in [0.5, 0.6) is 0 Å². The lowest BCUT2D eigenvalue weighted by molar-refractivity contribution is -0.142. The summed E-state index contributed by atoms with van der Waals surface area (Å²) in [5.74, 6) is -2.47. The number of rotatable bonds is 18. The van der Waals surface area contributed by atoms with Gasteiger partial charge in [0.2, 0.25) is 5.91 Å². The molecule has 3 amide bonds. The maximum absolute atomic E-state index is 13.7. The fourth-order valence-electron chi connectivity index (χ4n) is 5.33. The number of carbonyl (C=O) groups excluding carboxylic acids is 3. The predicted molar refractivity (Wildman–Crippen MR) is 186 cm³/mol. The number of amides is 3. The Labute approximate surface area is 292 Å². The number of aliphatic carboxylic acids is 1. The molecule has 0 saturated carbocycles. The summed E-state index contributed by atoms with van der Waals surface area (Å²) in [5.41, 5.74) is 7.07. The Kier molecular flexibility index (Phi) is 15.2. The SMILES string of the molecule is CC(C)(C)OC(=O)N[C@H](Cc1ccccc1)C(O)CNCC(O)[C@H](Cc1ccccc1)N(C(=O)OCc1ccccc1)[C@@H](CC(=O)O)C(N)=O. The van der Waals surface area contributed by atoms with Crippen LogP contribution in [0.4, 0.5) is 9.59 Å². The average molecular weight is 693 g/mol. The first kappa shape index (κ1) is 39.5. The fourth-order valence-corrected chi connectivity index (χ4v) is 5.33. The molecule has 3 aromatic carbocycles. The van der Waals surface area contributed by atoms with Crippen molar-refractivity contribution in [3.63, 3.8) is 0 Å². The van der Waals surface area contributed by atoms with Crippen molar-refractivity contribution in [1.29, 1.82) is 0 Å². The van der Waals surface area contributed by atoms with Crippen molar-refractivity contribution in [2.75, 3.05) is 13.1 Å². The lowest BCUT2D eigenvalue weighted by Crippen LogP contribution is -2.59. The van der Waals surface area contributed by atoms with Crippen LogP contribution in [0.25, 0.3) is 0 Å². The van der Waals surface area contributed by atoms with Crippen LogP contribution in [0, 0.1) is 0 Å². The third-order valence-electron chi connectivity index (χ3n) is 7.71. The summed E-state index contributed by atoms with van der Waals surface area (Å²) in [4.78, 5) is 51.8. The minimum absolute atomic E-state index is 0.00685. The van der Waals surface area contributed by atoms with Gasteiger partial charge in [-0.2, -0.15) is 0 Å². The molecule has 0 aliphatic heterocycles. The Balaban J connectivity index is 1.85. The summed E-state index contributed by atoms with van der Waals surface area (Å²) < 4.78 is 10.9. The Morgan fingerprint density at radius 1 is 0.780 bits per heavy atom. The van der Waals surface area contributed by atoms with E-state index in [0.717, 1.165) is 10.5 Å². The Hall–Kier alpha value is -4.98. The Morgan fingerprint density at radius 3 is 1.78 bits per heavy atom. The number of carboxylic acids is 1. The maximum atomic E-state index is 13.7. The lowest BCUT2D eigenvalue weighted by Gasteiger charge is -2.38. The quantitative estimate of drug-likeness (QED) is 0.115. The van der Waals surface area contributed by atoms with Crippen LogP contribution in [0.15, 0.2) is 91.0 Å². The highest BCUT2D eigenvalue weighted by Crippen LogP contribution is 2.21. The number of benzene rings is 3. The van der Waals surface area contributed by atoms with E-state index in [1.165, 1.54) is 0 Å². The van der Waals surface area contributed by atoms with Crippen molar-refractivity contribution in [2.24, 2.45) is 5.73 Å². The summed E-state index contributed by atoms with van der Waals surface area (Å²) in [7, 11) is 0. The van der Waals surface area contributed by atoms with Gasteiger partial charge in [0, 0.05) is 13.1 Å². The molecule has 2 unspecified atom stereocenters. The zero-order chi connectivity index (χ0) is 36.7. The van der Waals surface area contributed by atoms with Crippen LogP contribution in [0.1, 0.15) is 43.9 Å². The van der Waals surface area contributed by atoms with Gasteiger partial charge in [-0.25, -0.2) is 9.59 Å². The van der Waals surface area contributed by atoms with E-state index in [4.69, 9.17) is 15.2 Å². The first-order valence-corrected chi connectivity index (χ1v) is 16.4. The summed E-state index contributed by atoms with van der Waals surface area (Å²) in [6, 6.07) is 23.2. The number of nitrogens with two attached hydrogens (primary N) is 1. The van der Waals surface area contributed by atoms with Crippen molar-refractivity contribution in [2.45, 2.75) is 82.6 Å². The molecule has 5 atom stereocenters. The highest BCUT2D eigenvalue weighted by Gasteiger charge is 2.40. The predicted octanol–water partition coefficient (Wildman–Crippen LogP) is 3.01. The van der Waals surface area contributed by atoms with Gasteiger partial charge >= 0.3 is 18.2 Å². The smallest absolute Gasteiger partial charge is 0.411 e. The Morgan fingerprint density at radius 2 is 1.28 bits per heavy atom. The van der Waals surface area contributed by atoms with E-state index in [-0.39, 0.29) is 32.5 Å². The molecule has 3 rings (SSSR count). The van der Waals surface area contributed by atoms with Gasteiger partial charge in [-0.05, 0) is 50.3 Å². The summed E-state index contributed by atoms with van der Waals surface area (Å²) in [6.07, 6.45) is -4.85. The molecule has 270 valence electrons. The maximum Gasteiger partial charge on any atom is 0.411 e. The normalized spacial score (nSPS) is 14.3. The molecule has 0 spiro atoms. The van der Waals surface area contributed by atoms with Crippen molar-refractivity contribution in [3.05, 3.63) is 108 Å². The highest BCUT2D eigenvalue weighted by atomic mass is 16.6. The topological polar surface area (TPSA) is 201 Å². The van der Waals surface area contributed by atoms with E-state index in [0.29, 0.717) is 11.1 Å². The van der Waals surface area contributed by atoms with E-state index in [2.05, 4.69) is 10.6 Å². The number of hydrogen-bond donors (Lipinski definition) is 6. The lowest BCUT2D eigenvalue weighted by atomic mass is 9.96. The molecule has 50 heavy (non-hydrogen) atoms. The monoisotopic (exact) mass is 692 g/mol. The molecule has 0 radical (unpaired) electrons. The molecule has 0 bridgehead atoms. The third kappa shape index (κ3) is 13.5. The van der Waals surface area contributed by atoms with Gasteiger partial charge in [-0.3, -0.25) is 14.5 Å². The van der Waals surface area contributed by atoms with Crippen LogP contribution in [-0.4, -0.2) is 93.3 Å². The molecule has 0 aromatic heterocycles. The summed E-state index contributed by atoms with van der Waals surface area (Å²) >= 11 is 0. The fraction of sp³-hybridized carbons (Fsp3) is 0.405. The first-order chi connectivity index (χ1) is 23.7. The number of nitrogens with one attached hydrogen (secondary N) is 2. The van der Waals surface area contributed by atoms with Gasteiger partial charge in [0.05, 0.1) is 30.7 Å². The van der Waals surface area contributed by atoms with Gasteiger partial charge in [0.1, 0.15) is 18.2 Å². The molecule has 13 heteroatoms. The van der Waals surface area contributed by atoms with E-state index in [9.17, 15) is 34.5 Å². The van der Waals surface area contributed by atoms with Gasteiger partial charge < -0.3 is 41.2 Å². The van der Waals surface area contributed by atoms with Gasteiger partial charge in [0.25, 0.3) is 0 Å². The van der Waals surface area contributed by atoms with Gasteiger partial charge in [-0.1, -0.05) is 91.0 Å².